The third-order valence-corrected chi connectivity index (χ3v) is 3.41. The van der Waals surface area contributed by atoms with Crippen molar-refractivity contribution >= 4 is 15.7 Å². The van der Waals surface area contributed by atoms with Crippen molar-refractivity contribution in [1.29, 1.82) is 0 Å². The molecule has 2 aromatic carbocycles. The van der Waals surface area contributed by atoms with Crippen LogP contribution in [-0.4, -0.2) is 14.7 Å². The first kappa shape index (κ1) is 14.5. The summed E-state index contributed by atoms with van der Waals surface area (Å²) in [6.45, 7) is 0. The number of nitrogens with two attached hydrogens (primary N) is 1. The normalized spacial score (nSPS) is 12.9. The molecule has 0 fully saturated rings. The largest absolute Gasteiger partial charge is 0.320 e. The molecular weight excluding hydrogens is 279 g/mol. The van der Waals surface area contributed by atoms with Crippen LogP contribution in [0.1, 0.15) is 17.2 Å². The monoisotopic (exact) mass is 294 g/mol. The summed E-state index contributed by atoms with van der Waals surface area (Å²) in [6.07, 6.45) is 1.09. The zero-order valence-corrected chi connectivity index (χ0v) is 11.7. The molecule has 0 amide bonds. The average molecular weight is 294 g/mol. The van der Waals surface area contributed by atoms with E-state index in [9.17, 15) is 12.8 Å². The highest BCUT2D eigenvalue weighted by atomic mass is 32.2. The lowest BCUT2D eigenvalue weighted by Gasteiger charge is -2.13. The summed E-state index contributed by atoms with van der Waals surface area (Å²) in [7, 11) is -3.29. The van der Waals surface area contributed by atoms with Crippen LogP contribution in [0.5, 0.6) is 0 Å². The second-order valence-electron chi connectivity index (χ2n) is 4.53. The Morgan fingerprint density at radius 2 is 1.45 bits per heavy atom. The van der Waals surface area contributed by atoms with E-state index >= 15 is 0 Å². The number of benzene rings is 2. The standard InChI is InChI=1S/C14H15FN2O2S/c1-20(18,19)17-13-8-4-11(5-9-13)14(16)10-2-6-12(15)7-3-10/h2-9,14,17H,16H2,1H3. The van der Waals surface area contributed by atoms with Gasteiger partial charge in [-0.2, -0.15) is 0 Å². The Morgan fingerprint density at radius 1 is 1.00 bits per heavy atom. The molecule has 2 rings (SSSR count). The van der Waals surface area contributed by atoms with Gasteiger partial charge in [0.1, 0.15) is 5.82 Å². The van der Waals surface area contributed by atoms with Gasteiger partial charge in [-0.15, -0.1) is 0 Å². The van der Waals surface area contributed by atoms with Gasteiger partial charge in [0.25, 0.3) is 0 Å². The predicted octanol–water partition coefficient (Wildman–Crippen LogP) is 2.25. The Labute approximate surface area is 117 Å². The SMILES string of the molecule is CS(=O)(=O)Nc1ccc(C(N)c2ccc(F)cc2)cc1. The van der Waals surface area contributed by atoms with E-state index in [1.54, 1.807) is 36.4 Å². The Balaban J connectivity index is 2.19. The number of halogens is 1. The summed E-state index contributed by atoms with van der Waals surface area (Å²) < 4.78 is 37.4. The molecule has 106 valence electrons. The maximum Gasteiger partial charge on any atom is 0.229 e. The zero-order chi connectivity index (χ0) is 14.8. The van der Waals surface area contributed by atoms with Crippen molar-refractivity contribution in [3.05, 3.63) is 65.5 Å². The molecule has 0 aliphatic carbocycles. The maximum atomic E-state index is 12.9. The van der Waals surface area contributed by atoms with Crippen LogP contribution in [0.25, 0.3) is 0 Å². The molecule has 0 heterocycles. The van der Waals surface area contributed by atoms with Crippen LogP contribution in [0, 0.1) is 5.82 Å². The van der Waals surface area contributed by atoms with Crippen LogP contribution in [0.15, 0.2) is 48.5 Å². The molecule has 3 N–H and O–H groups in total. The smallest absolute Gasteiger partial charge is 0.229 e. The minimum atomic E-state index is -3.29. The van der Waals surface area contributed by atoms with E-state index in [0.29, 0.717) is 5.69 Å². The van der Waals surface area contributed by atoms with Gasteiger partial charge in [0.2, 0.25) is 10.0 Å². The Bertz CT molecular complexity index is 682. The van der Waals surface area contributed by atoms with Gasteiger partial charge in [-0.05, 0) is 35.4 Å². The van der Waals surface area contributed by atoms with E-state index in [2.05, 4.69) is 4.72 Å². The summed E-state index contributed by atoms with van der Waals surface area (Å²) in [5.74, 6) is -0.311. The second-order valence-corrected chi connectivity index (χ2v) is 6.27. The fourth-order valence-electron chi connectivity index (χ4n) is 1.84. The number of hydrogen-bond donors (Lipinski definition) is 2. The first-order valence-corrected chi connectivity index (χ1v) is 7.83. The summed E-state index contributed by atoms with van der Waals surface area (Å²) >= 11 is 0. The topological polar surface area (TPSA) is 72.2 Å². The van der Waals surface area contributed by atoms with E-state index < -0.39 is 10.0 Å². The van der Waals surface area contributed by atoms with Crippen molar-refractivity contribution in [2.75, 3.05) is 11.0 Å². The minimum absolute atomic E-state index is 0.311. The maximum absolute atomic E-state index is 12.9. The summed E-state index contributed by atoms with van der Waals surface area (Å²) in [4.78, 5) is 0. The number of hydrogen-bond acceptors (Lipinski definition) is 3. The van der Waals surface area contributed by atoms with E-state index in [0.717, 1.165) is 17.4 Å². The van der Waals surface area contributed by atoms with Crippen LogP contribution in [0.4, 0.5) is 10.1 Å². The first-order chi connectivity index (χ1) is 9.35. The van der Waals surface area contributed by atoms with Crippen LogP contribution in [-0.2, 0) is 10.0 Å². The van der Waals surface area contributed by atoms with Gasteiger partial charge < -0.3 is 5.73 Å². The molecule has 2 aromatic rings. The van der Waals surface area contributed by atoms with Gasteiger partial charge in [-0.1, -0.05) is 24.3 Å². The molecule has 6 heteroatoms. The highest BCUT2D eigenvalue weighted by Crippen LogP contribution is 2.21. The molecular formula is C14H15FN2O2S. The van der Waals surface area contributed by atoms with E-state index in [-0.39, 0.29) is 11.9 Å². The second kappa shape index (κ2) is 5.60. The highest BCUT2D eigenvalue weighted by Gasteiger charge is 2.09. The Hall–Kier alpha value is -1.92. The summed E-state index contributed by atoms with van der Waals surface area (Å²) in [5.41, 5.74) is 8.16. The summed E-state index contributed by atoms with van der Waals surface area (Å²) in [5, 5.41) is 0. The van der Waals surface area contributed by atoms with Crippen molar-refractivity contribution in [2.45, 2.75) is 6.04 Å². The van der Waals surface area contributed by atoms with Crippen LogP contribution < -0.4 is 10.5 Å². The molecule has 0 aromatic heterocycles. The molecule has 0 saturated heterocycles. The number of nitrogens with one attached hydrogen (secondary N) is 1. The quantitative estimate of drug-likeness (QED) is 0.908. The van der Waals surface area contributed by atoms with Crippen molar-refractivity contribution in [1.82, 2.24) is 0 Å². The van der Waals surface area contributed by atoms with Crippen LogP contribution in [0.2, 0.25) is 0 Å². The van der Waals surface area contributed by atoms with E-state index in [4.69, 9.17) is 5.73 Å². The molecule has 20 heavy (non-hydrogen) atoms. The van der Waals surface area contributed by atoms with Gasteiger partial charge >= 0.3 is 0 Å². The lowest BCUT2D eigenvalue weighted by Crippen LogP contribution is -2.12. The Morgan fingerprint density at radius 3 is 1.90 bits per heavy atom. The molecule has 0 bridgehead atoms. The van der Waals surface area contributed by atoms with Crippen molar-refractivity contribution in [3.8, 4) is 0 Å². The fourth-order valence-corrected chi connectivity index (χ4v) is 2.40. The van der Waals surface area contributed by atoms with Crippen molar-refractivity contribution < 1.29 is 12.8 Å². The van der Waals surface area contributed by atoms with Crippen LogP contribution >= 0.6 is 0 Å². The lowest BCUT2D eigenvalue weighted by atomic mass is 9.99. The third kappa shape index (κ3) is 3.79. The molecule has 0 spiro atoms. The van der Waals surface area contributed by atoms with E-state index in [1.807, 2.05) is 0 Å². The molecule has 0 radical (unpaired) electrons. The molecule has 0 aliphatic rings. The number of rotatable bonds is 4. The Kier molecular flexibility index (Phi) is 4.06. The summed E-state index contributed by atoms with van der Waals surface area (Å²) in [6, 6.07) is 12.3. The third-order valence-electron chi connectivity index (χ3n) is 2.80. The van der Waals surface area contributed by atoms with Gasteiger partial charge in [0, 0.05) is 5.69 Å². The molecule has 0 saturated carbocycles. The average Bonchev–Trinajstić information content (AvgIpc) is 2.38. The van der Waals surface area contributed by atoms with Crippen LogP contribution in [0.3, 0.4) is 0 Å². The minimum Gasteiger partial charge on any atom is -0.320 e. The predicted molar refractivity (Wildman–Crippen MR) is 77.3 cm³/mol. The molecule has 4 nitrogen and oxygen atoms in total. The van der Waals surface area contributed by atoms with Gasteiger partial charge in [0.15, 0.2) is 0 Å². The van der Waals surface area contributed by atoms with Gasteiger partial charge in [-0.25, -0.2) is 12.8 Å². The first-order valence-electron chi connectivity index (χ1n) is 5.94. The van der Waals surface area contributed by atoms with Gasteiger partial charge in [0.05, 0.1) is 12.3 Å². The molecule has 1 atom stereocenters. The van der Waals surface area contributed by atoms with Gasteiger partial charge in [-0.3, -0.25) is 4.72 Å². The fraction of sp³-hybridized carbons (Fsp3) is 0.143. The molecule has 1 unspecified atom stereocenters. The number of anilines is 1. The zero-order valence-electron chi connectivity index (χ0n) is 10.9. The number of sulfonamides is 1. The van der Waals surface area contributed by atoms with E-state index in [1.165, 1.54) is 12.1 Å². The highest BCUT2D eigenvalue weighted by molar-refractivity contribution is 7.92. The van der Waals surface area contributed by atoms with Crippen molar-refractivity contribution in [2.24, 2.45) is 5.73 Å². The lowest BCUT2D eigenvalue weighted by molar-refractivity contribution is 0.607. The molecule has 0 aliphatic heterocycles. The van der Waals surface area contributed by atoms with Crippen molar-refractivity contribution in [3.63, 3.8) is 0 Å².